The van der Waals surface area contributed by atoms with Crippen molar-refractivity contribution in [2.45, 2.75) is 12.8 Å². The second-order valence-electron chi connectivity index (χ2n) is 5.47. The highest BCUT2D eigenvalue weighted by molar-refractivity contribution is 5.61. The maximum Gasteiger partial charge on any atom is 0.269 e. The lowest BCUT2D eigenvalue weighted by atomic mass is 10.0. The maximum absolute atomic E-state index is 10.6. The predicted molar refractivity (Wildman–Crippen MR) is 89.9 cm³/mol. The van der Waals surface area contributed by atoms with E-state index in [0.29, 0.717) is 12.2 Å². The molecule has 0 fully saturated rings. The zero-order valence-electron chi connectivity index (χ0n) is 12.9. The van der Waals surface area contributed by atoms with Crippen LogP contribution < -0.4 is 4.90 Å². The number of nitro benzene ring substituents is 1. The number of aryl methyl sites for hydroxylation is 1. The zero-order chi connectivity index (χ0) is 16.9. The molecule has 0 radical (unpaired) electrons. The summed E-state index contributed by atoms with van der Waals surface area (Å²) >= 11 is 0. The Hall–Kier alpha value is -3.27. The van der Waals surface area contributed by atoms with Gasteiger partial charge in [0.2, 0.25) is 0 Å². The third-order valence-corrected chi connectivity index (χ3v) is 3.88. The van der Waals surface area contributed by atoms with Gasteiger partial charge in [-0.2, -0.15) is 15.5 Å². The third kappa shape index (κ3) is 3.38. The van der Waals surface area contributed by atoms with Crippen molar-refractivity contribution < 1.29 is 4.92 Å². The number of non-ortho nitro benzene ring substituents is 1. The molecule has 120 valence electrons. The Bertz CT molecular complexity index is 824. The zero-order valence-corrected chi connectivity index (χ0v) is 12.9. The first-order valence-corrected chi connectivity index (χ1v) is 7.58. The Balaban J connectivity index is 1.78. The molecule has 0 aliphatic carbocycles. The van der Waals surface area contributed by atoms with Crippen LogP contribution >= 0.6 is 0 Å². The van der Waals surface area contributed by atoms with Crippen LogP contribution in [-0.4, -0.2) is 18.0 Å². The van der Waals surface area contributed by atoms with E-state index in [4.69, 9.17) is 5.26 Å². The monoisotopic (exact) mass is 321 g/mol. The van der Waals surface area contributed by atoms with Gasteiger partial charge in [-0.25, -0.2) is 0 Å². The fraction of sp³-hybridized carbons (Fsp3) is 0.235. The van der Waals surface area contributed by atoms with Gasteiger partial charge in [0, 0.05) is 24.4 Å². The fourth-order valence-corrected chi connectivity index (χ4v) is 2.73. The largest absolute Gasteiger partial charge is 0.358 e. The van der Waals surface area contributed by atoms with Crippen LogP contribution in [0.3, 0.4) is 0 Å². The van der Waals surface area contributed by atoms with E-state index in [1.807, 2.05) is 18.2 Å². The van der Waals surface area contributed by atoms with Gasteiger partial charge in [0.25, 0.3) is 5.69 Å². The molecule has 0 saturated heterocycles. The van der Waals surface area contributed by atoms with Crippen LogP contribution in [0.15, 0.2) is 52.7 Å². The van der Waals surface area contributed by atoms with E-state index in [0.717, 1.165) is 36.3 Å². The Morgan fingerprint density at radius 2 is 1.88 bits per heavy atom. The molecule has 7 nitrogen and oxygen atoms in total. The van der Waals surface area contributed by atoms with Crippen molar-refractivity contribution in [1.29, 1.82) is 5.26 Å². The first-order chi connectivity index (χ1) is 11.7. The van der Waals surface area contributed by atoms with E-state index >= 15 is 0 Å². The highest BCUT2D eigenvalue weighted by Gasteiger charge is 2.16. The van der Waals surface area contributed by atoms with Crippen LogP contribution in [0.25, 0.3) is 0 Å². The normalized spacial score (nSPS) is 13.5. The highest BCUT2D eigenvalue weighted by atomic mass is 16.6. The second kappa shape index (κ2) is 6.87. The third-order valence-electron chi connectivity index (χ3n) is 3.88. The van der Waals surface area contributed by atoms with E-state index in [-0.39, 0.29) is 5.69 Å². The van der Waals surface area contributed by atoms with Crippen molar-refractivity contribution in [3.8, 4) is 6.07 Å². The topological polar surface area (TPSA) is 94.9 Å². The molecule has 0 amide bonds. The number of hydrogen-bond acceptors (Lipinski definition) is 6. The summed E-state index contributed by atoms with van der Waals surface area (Å²) < 4.78 is 0. The van der Waals surface area contributed by atoms with Crippen LogP contribution in [0.5, 0.6) is 0 Å². The molecule has 0 atom stereocenters. The SMILES string of the molecule is N#CCN1CCCc2cc(N=Nc3ccc([N+](=O)[O-])cc3)ccc21. The molecular formula is C17H15N5O2. The number of fused-ring (bicyclic) bond motifs is 1. The summed E-state index contributed by atoms with van der Waals surface area (Å²) in [5.74, 6) is 0. The van der Waals surface area contributed by atoms with Crippen molar-refractivity contribution in [3.63, 3.8) is 0 Å². The van der Waals surface area contributed by atoms with Crippen molar-refractivity contribution in [3.05, 3.63) is 58.1 Å². The van der Waals surface area contributed by atoms with Gasteiger partial charge in [0.15, 0.2) is 0 Å². The van der Waals surface area contributed by atoms with Crippen LogP contribution in [0.1, 0.15) is 12.0 Å². The Kier molecular flexibility index (Phi) is 4.47. The summed E-state index contributed by atoms with van der Waals surface area (Å²) in [5.41, 5.74) is 3.56. The Morgan fingerprint density at radius 1 is 1.17 bits per heavy atom. The molecule has 1 aliphatic rings. The van der Waals surface area contributed by atoms with Gasteiger partial charge in [0.05, 0.1) is 22.4 Å². The van der Waals surface area contributed by atoms with Crippen molar-refractivity contribution >= 4 is 22.7 Å². The molecule has 0 aromatic heterocycles. The fourth-order valence-electron chi connectivity index (χ4n) is 2.73. The molecule has 0 spiro atoms. The number of hydrogen-bond donors (Lipinski definition) is 0. The molecule has 24 heavy (non-hydrogen) atoms. The number of rotatable bonds is 4. The van der Waals surface area contributed by atoms with Gasteiger partial charge in [-0.05, 0) is 48.7 Å². The van der Waals surface area contributed by atoms with E-state index < -0.39 is 4.92 Å². The molecule has 1 heterocycles. The molecule has 0 unspecified atom stereocenters. The first-order valence-electron chi connectivity index (χ1n) is 7.58. The summed E-state index contributed by atoms with van der Waals surface area (Å²) in [6, 6.07) is 13.9. The predicted octanol–water partition coefficient (Wildman–Crippen LogP) is 4.29. The van der Waals surface area contributed by atoms with Crippen LogP contribution in [-0.2, 0) is 6.42 Å². The van der Waals surface area contributed by atoms with Crippen LogP contribution in [0, 0.1) is 21.4 Å². The lowest BCUT2D eigenvalue weighted by molar-refractivity contribution is -0.384. The van der Waals surface area contributed by atoms with Gasteiger partial charge in [-0.3, -0.25) is 10.1 Å². The average molecular weight is 321 g/mol. The molecule has 0 N–H and O–H groups in total. The number of azo groups is 1. The highest BCUT2D eigenvalue weighted by Crippen LogP contribution is 2.31. The van der Waals surface area contributed by atoms with E-state index in [1.165, 1.54) is 12.1 Å². The van der Waals surface area contributed by atoms with Gasteiger partial charge < -0.3 is 4.90 Å². The number of nitrogens with zero attached hydrogens (tertiary/aromatic N) is 5. The summed E-state index contributed by atoms with van der Waals surface area (Å²) in [6.45, 7) is 1.28. The lowest BCUT2D eigenvalue weighted by Crippen LogP contribution is -2.29. The molecule has 3 rings (SSSR count). The molecule has 0 saturated carbocycles. The average Bonchev–Trinajstić information content (AvgIpc) is 2.60. The number of benzene rings is 2. The van der Waals surface area contributed by atoms with E-state index in [2.05, 4.69) is 21.2 Å². The van der Waals surface area contributed by atoms with E-state index in [1.54, 1.807) is 12.1 Å². The minimum absolute atomic E-state index is 0.0281. The minimum atomic E-state index is -0.447. The molecule has 1 aliphatic heterocycles. The number of nitriles is 1. The lowest BCUT2D eigenvalue weighted by Gasteiger charge is -2.29. The summed E-state index contributed by atoms with van der Waals surface area (Å²) in [7, 11) is 0. The molecule has 7 heteroatoms. The van der Waals surface area contributed by atoms with Gasteiger partial charge >= 0.3 is 0 Å². The van der Waals surface area contributed by atoms with Crippen molar-refractivity contribution in [1.82, 2.24) is 0 Å². The van der Waals surface area contributed by atoms with E-state index in [9.17, 15) is 10.1 Å². The molecule has 2 aromatic carbocycles. The van der Waals surface area contributed by atoms with Crippen molar-refractivity contribution in [2.24, 2.45) is 10.2 Å². The second-order valence-corrected chi connectivity index (χ2v) is 5.47. The van der Waals surface area contributed by atoms with Crippen molar-refractivity contribution in [2.75, 3.05) is 18.0 Å². The molecule has 0 bridgehead atoms. The maximum atomic E-state index is 10.6. The summed E-state index contributed by atoms with van der Waals surface area (Å²) in [5, 5.41) is 27.8. The molecular weight excluding hydrogens is 306 g/mol. The van der Waals surface area contributed by atoms with Crippen LogP contribution in [0.2, 0.25) is 0 Å². The minimum Gasteiger partial charge on any atom is -0.358 e. The smallest absolute Gasteiger partial charge is 0.269 e. The quantitative estimate of drug-likeness (QED) is 0.363. The summed E-state index contributed by atoms with van der Waals surface area (Å²) in [6.07, 6.45) is 1.97. The number of anilines is 1. The first kappa shape index (κ1) is 15.6. The van der Waals surface area contributed by atoms with Crippen LogP contribution in [0.4, 0.5) is 22.7 Å². The summed E-state index contributed by atoms with van der Waals surface area (Å²) in [4.78, 5) is 12.2. The van der Waals surface area contributed by atoms with Gasteiger partial charge in [-0.15, -0.1) is 0 Å². The van der Waals surface area contributed by atoms with Gasteiger partial charge in [-0.1, -0.05) is 0 Å². The molecule has 2 aromatic rings. The Morgan fingerprint density at radius 3 is 2.58 bits per heavy atom. The van der Waals surface area contributed by atoms with Gasteiger partial charge in [0.1, 0.15) is 6.54 Å². The Labute approximate surface area is 139 Å². The standard InChI is InChI=1S/C17H15N5O2/c18-9-11-21-10-1-2-13-12-15(5-8-17(13)21)20-19-14-3-6-16(7-4-14)22(23)24/h3-8,12H,1-2,10-11H2. The number of nitro groups is 1.